The zero-order valence-electron chi connectivity index (χ0n) is 8.86. The van der Waals surface area contributed by atoms with Crippen LogP contribution in [0.1, 0.15) is 18.6 Å². The van der Waals surface area contributed by atoms with Gasteiger partial charge in [0.05, 0.1) is 18.7 Å². The zero-order chi connectivity index (χ0) is 11.4. The summed E-state index contributed by atoms with van der Waals surface area (Å²) in [6.45, 7) is 0.832. The molecule has 5 nitrogen and oxygen atoms in total. The normalized spacial score (nSPS) is 20.2. The first-order chi connectivity index (χ1) is 7.75. The molecule has 2 N–H and O–H groups in total. The van der Waals surface area contributed by atoms with Crippen LogP contribution in [0.15, 0.2) is 22.8 Å². The Labute approximate surface area is 93.2 Å². The lowest BCUT2D eigenvalue weighted by Gasteiger charge is -2.21. The fourth-order valence-electron chi connectivity index (χ4n) is 1.69. The number of carbonyl (C=O) groups is 2. The minimum absolute atomic E-state index is 0.0232. The number of carbonyl (C=O) groups excluding carboxylic acids is 2. The SMILES string of the molecule is O=C1CCC(C(=O)NCc2ccco2)CN1. The van der Waals surface area contributed by atoms with Gasteiger partial charge >= 0.3 is 0 Å². The van der Waals surface area contributed by atoms with Gasteiger partial charge < -0.3 is 15.1 Å². The lowest BCUT2D eigenvalue weighted by molar-refractivity contribution is -0.129. The van der Waals surface area contributed by atoms with E-state index in [4.69, 9.17) is 4.42 Å². The van der Waals surface area contributed by atoms with E-state index in [1.165, 1.54) is 0 Å². The number of hydrogen-bond donors (Lipinski definition) is 2. The number of furan rings is 1. The van der Waals surface area contributed by atoms with Gasteiger partial charge in [0, 0.05) is 13.0 Å². The van der Waals surface area contributed by atoms with Crippen molar-refractivity contribution < 1.29 is 14.0 Å². The molecule has 2 rings (SSSR count). The molecule has 0 aromatic carbocycles. The number of nitrogens with one attached hydrogen (secondary N) is 2. The van der Waals surface area contributed by atoms with Gasteiger partial charge in [0.2, 0.25) is 11.8 Å². The highest BCUT2D eigenvalue weighted by atomic mass is 16.3. The van der Waals surface area contributed by atoms with Crippen LogP contribution in [0.4, 0.5) is 0 Å². The van der Waals surface area contributed by atoms with Crippen molar-refractivity contribution in [2.45, 2.75) is 19.4 Å². The Balaban J connectivity index is 1.77. The van der Waals surface area contributed by atoms with E-state index >= 15 is 0 Å². The van der Waals surface area contributed by atoms with Crippen LogP contribution in [0.2, 0.25) is 0 Å². The molecular formula is C11H14N2O3. The second kappa shape index (κ2) is 4.83. The Hall–Kier alpha value is -1.78. The summed E-state index contributed by atoms with van der Waals surface area (Å²) < 4.78 is 5.10. The number of hydrogen-bond acceptors (Lipinski definition) is 3. The van der Waals surface area contributed by atoms with Crippen LogP contribution in [0.5, 0.6) is 0 Å². The first-order valence-electron chi connectivity index (χ1n) is 5.32. The summed E-state index contributed by atoms with van der Waals surface area (Å²) in [5.41, 5.74) is 0. The van der Waals surface area contributed by atoms with Crippen LogP contribution in [0.3, 0.4) is 0 Å². The maximum atomic E-state index is 11.7. The Kier molecular flexibility index (Phi) is 3.24. The fraction of sp³-hybridized carbons (Fsp3) is 0.455. The van der Waals surface area contributed by atoms with Crippen LogP contribution in [0.25, 0.3) is 0 Å². The Morgan fingerprint density at radius 1 is 1.62 bits per heavy atom. The predicted octanol–water partition coefficient (Wildman–Crippen LogP) is 0.422. The molecule has 0 radical (unpaired) electrons. The second-order valence-corrected chi connectivity index (χ2v) is 3.84. The minimum atomic E-state index is -0.118. The van der Waals surface area contributed by atoms with Crippen molar-refractivity contribution in [3.63, 3.8) is 0 Å². The van der Waals surface area contributed by atoms with E-state index in [2.05, 4.69) is 10.6 Å². The monoisotopic (exact) mass is 222 g/mol. The summed E-state index contributed by atoms with van der Waals surface area (Å²) >= 11 is 0. The molecule has 0 saturated carbocycles. The van der Waals surface area contributed by atoms with Crippen molar-refractivity contribution in [3.8, 4) is 0 Å². The summed E-state index contributed by atoms with van der Waals surface area (Å²) in [5.74, 6) is 0.604. The quantitative estimate of drug-likeness (QED) is 0.778. The van der Waals surface area contributed by atoms with Gasteiger partial charge in [-0.2, -0.15) is 0 Å². The average Bonchev–Trinajstić information content (AvgIpc) is 2.80. The Bertz CT molecular complexity index is 363. The van der Waals surface area contributed by atoms with Gasteiger partial charge in [-0.25, -0.2) is 0 Å². The van der Waals surface area contributed by atoms with Crippen molar-refractivity contribution in [2.24, 2.45) is 5.92 Å². The standard InChI is InChI=1S/C11H14N2O3/c14-10-4-3-8(6-12-10)11(15)13-7-9-2-1-5-16-9/h1-2,5,8H,3-4,6-7H2,(H,12,14)(H,13,15). The van der Waals surface area contributed by atoms with Gasteiger partial charge in [0.15, 0.2) is 0 Å². The van der Waals surface area contributed by atoms with Crippen molar-refractivity contribution in [3.05, 3.63) is 24.2 Å². The molecule has 1 aliphatic heterocycles. The van der Waals surface area contributed by atoms with Crippen LogP contribution in [-0.4, -0.2) is 18.4 Å². The molecular weight excluding hydrogens is 208 g/mol. The van der Waals surface area contributed by atoms with Gasteiger partial charge in [-0.3, -0.25) is 9.59 Å². The van der Waals surface area contributed by atoms with Crippen LogP contribution < -0.4 is 10.6 Å². The lowest BCUT2D eigenvalue weighted by atomic mass is 9.98. The molecule has 86 valence electrons. The second-order valence-electron chi connectivity index (χ2n) is 3.84. The smallest absolute Gasteiger partial charge is 0.225 e. The third-order valence-electron chi connectivity index (χ3n) is 2.65. The molecule has 1 fully saturated rings. The van der Waals surface area contributed by atoms with E-state index in [0.29, 0.717) is 25.9 Å². The van der Waals surface area contributed by atoms with Crippen LogP contribution in [-0.2, 0) is 16.1 Å². The maximum Gasteiger partial charge on any atom is 0.225 e. The van der Waals surface area contributed by atoms with Crippen molar-refractivity contribution in [2.75, 3.05) is 6.54 Å². The highest BCUT2D eigenvalue weighted by Crippen LogP contribution is 2.11. The highest BCUT2D eigenvalue weighted by Gasteiger charge is 2.24. The van der Waals surface area contributed by atoms with Crippen LogP contribution in [0, 0.1) is 5.92 Å². The first-order valence-corrected chi connectivity index (χ1v) is 5.32. The molecule has 1 aliphatic rings. The summed E-state index contributed by atoms with van der Waals surface area (Å²) in [6, 6.07) is 3.59. The number of piperidine rings is 1. The highest BCUT2D eigenvalue weighted by molar-refractivity contribution is 5.83. The summed E-state index contributed by atoms with van der Waals surface area (Å²) in [6.07, 6.45) is 2.62. The van der Waals surface area contributed by atoms with E-state index < -0.39 is 0 Å². The number of rotatable bonds is 3. The molecule has 1 aromatic heterocycles. The average molecular weight is 222 g/mol. The van der Waals surface area contributed by atoms with Crippen LogP contribution >= 0.6 is 0 Å². The Morgan fingerprint density at radius 2 is 2.50 bits per heavy atom. The minimum Gasteiger partial charge on any atom is -0.467 e. The summed E-state index contributed by atoms with van der Waals surface area (Å²) in [7, 11) is 0. The van der Waals surface area contributed by atoms with E-state index in [9.17, 15) is 9.59 Å². The summed E-state index contributed by atoms with van der Waals surface area (Å²) in [5, 5.41) is 5.47. The first kappa shape index (κ1) is 10.7. The van der Waals surface area contributed by atoms with Crippen molar-refractivity contribution in [1.29, 1.82) is 0 Å². The molecule has 16 heavy (non-hydrogen) atoms. The molecule has 5 heteroatoms. The van der Waals surface area contributed by atoms with Crippen molar-refractivity contribution >= 4 is 11.8 Å². The third kappa shape index (κ3) is 2.62. The van der Waals surface area contributed by atoms with Crippen molar-refractivity contribution in [1.82, 2.24) is 10.6 Å². The van der Waals surface area contributed by atoms with Gasteiger partial charge in [-0.1, -0.05) is 0 Å². The van der Waals surface area contributed by atoms with E-state index in [0.717, 1.165) is 5.76 Å². The van der Waals surface area contributed by atoms with E-state index in [1.54, 1.807) is 12.3 Å². The largest absolute Gasteiger partial charge is 0.467 e. The predicted molar refractivity (Wildman–Crippen MR) is 56.3 cm³/mol. The summed E-state index contributed by atoms with van der Waals surface area (Å²) in [4.78, 5) is 22.6. The van der Waals surface area contributed by atoms with Gasteiger partial charge in [0.1, 0.15) is 5.76 Å². The molecule has 2 heterocycles. The zero-order valence-corrected chi connectivity index (χ0v) is 8.86. The van der Waals surface area contributed by atoms with E-state index in [1.807, 2.05) is 6.07 Å². The van der Waals surface area contributed by atoms with E-state index in [-0.39, 0.29) is 17.7 Å². The fourth-order valence-corrected chi connectivity index (χ4v) is 1.69. The maximum absolute atomic E-state index is 11.7. The topological polar surface area (TPSA) is 71.3 Å². The molecule has 2 amide bonds. The molecule has 0 spiro atoms. The number of amides is 2. The molecule has 0 bridgehead atoms. The molecule has 1 unspecified atom stereocenters. The van der Waals surface area contributed by atoms with Gasteiger partial charge in [-0.15, -0.1) is 0 Å². The molecule has 0 aliphatic carbocycles. The molecule has 1 saturated heterocycles. The third-order valence-corrected chi connectivity index (χ3v) is 2.65. The molecule has 1 atom stereocenters. The van der Waals surface area contributed by atoms with Gasteiger partial charge in [-0.05, 0) is 18.6 Å². The lowest BCUT2D eigenvalue weighted by Crippen LogP contribution is -2.42. The molecule has 1 aromatic rings. The van der Waals surface area contributed by atoms with Gasteiger partial charge in [0.25, 0.3) is 0 Å². The Morgan fingerprint density at radius 3 is 3.12 bits per heavy atom.